The Morgan fingerprint density at radius 2 is 2.00 bits per heavy atom. The van der Waals surface area contributed by atoms with Gasteiger partial charge in [-0.1, -0.05) is 6.07 Å². The maximum Gasteiger partial charge on any atom is 0.128 e. The molecule has 3 aromatic rings. The van der Waals surface area contributed by atoms with Crippen molar-refractivity contribution in [3.8, 4) is 6.07 Å². The van der Waals surface area contributed by atoms with Gasteiger partial charge in [-0.2, -0.15) is 5.26 Å². The number of pyridine rings is 2. The Morgan fingerprint density at radius 1 is 1.07 bits per heavy atom. The maximum absolute atomic E-state index is 9.57. The molecule has 4 aliphatic heterocycles. The fourth-order valence-corrected chi connectivity index (χ4v) is 7.11. The van der Waals surface area contributed by atoms with Gasteiger partial charge < -0.3 is 24.8 Å². The molecule has 2 aromatic heterocycles. The lowest BCUT2D eigenvalue weighted by Crippen LogP contribution is -2.70. The first-order chi connectivity index (χ1) is 19.6. The van der Waals surface area contributed by atoms with Crippen molar-refractivity contribution in [2.75, 3.05) is 81.9 Å². The van der Waals surface area contributed by atoms with Crippen LogP contribution >= 0.6 is 0 Å². The Labute approximate surface area is 236 Å². The molecular weight excluding hydrogens is 500 g/mol. The zero-order valence-electron chi connectivity index (χ0n) is 23.3. The molecule has 6 heterocycles. The predicted octanol–water partition coefficient (Wildman–Crippen LogP) is 2.12. The molecule has 9 nitrogen and oxygen atoms in total. The number of nitriles is 1. The van der Waals surface area contributed by atoms with Crippen molar-refractivity contribution in [1.29, 1.82) is 5.26 Å². The highest BCUT2D eigenvalue weighted by Crippen LogP contribution is 2.32. The fourth-order valence-electron chi connectivity index (χ4n) is 7.11. The van der Waals surface area contributed by atoms with Crippen LogP contribution in [0, 0.1) is 11.3 Å². The molecule has 1 N–H and O–H groups in total. The highest BCUT2D eigenvalue weighted by Gasteiger charge is 2.45. The van der Waals surface area contributed by atoms with Gasteiger partial charge in [0.25, 0.3) is 0 Å². The number of nitrogens with one attached hydrogen (secondary N) is 1. The number of rotatable bonds is 5. The van der Waals surface area contributed by atoms with Crippen LogP contribution < -0.4 is 15.1 Å². The van der Waals surface area contributed by atoms with E-state index in [1.54, 1.807) is 6.20 Å². The van der Waals surface area contributed by atoms with E-state index in [1.807, 2.05) is 12.1 Å². The summed E-state index contributed by atoms with van der Waals surface area (Å²) in [7, 11) is 0. The standard InChI is InChI=1S/C31H38N8O/c1-23-17-37(28-6-5-25(15-32)30-27(28)3-2-9-34-30)19-26-18-36(12-13-39(23)26)11-8-24-4-7-29(35-16-24)38-21-31(22-38)20-33-10-14-40-31/h2-7,9,16,23,26,33H,8,10-14,17-22H2,1H3/t23-,26+/m1/s1. The quantitative estimate of drug-likeness (QED) is 0.525. The number of nitrogens with zero attached hydrogens (tertiary/aromatic N) is 7. The van der Waals surface area contributed by atoms with Gasteiger partial charge in [-0.25, -0.2) is 4.98 Å². The molecule has 1 spiro atoms. The SMILES string of the molecule is C[C@@H]1CN(c2ccc(C#N)c3ncccc23)C[C@@H]2CN(CCc3ccc(N4CC5(CNCCO5)C4)nc3)CCN21. The summed E-state index contributed by atoms with van der Waals surface area (Å²) in [5.74, 6) is 1.05. The van der Waals surface area contributed by atoms with Gasteiger partial charge in [0.2, 0.25) is 0 Å². The minimum atomic E-state index is -0.0168. The Bertz CT molecular complexity index is 1390. The van der Waals surface area contributed by atoms with Gasteiger partial charge in [-0.05, 0) is 49.2 Å². The number of aromatic nitrogens is 2. The monoisotopic (exact) mass is 538 g/mol. The van der Waals surface area contributed by atoms with Crippen LogP contribution in [0.5, 0.6) is 0 Å². The largest absolute Gasteiger partial charge is 0.369 e. The van der Waals surface area contributed by atoms with Crippen molar-refractivity contribution in [2.45, 2.75) is 31.0 Å². The smallest absolute Gasteiger partial charge is 0.128 e. The lowest BCUT2D eigenvalue weighted by atomic mass is 9.92. The van der Waals surface area contributed by atoms with E-state index < -0.39 is 0 Å². The summed E-state index contributed by atoms with van der Waals surface area (Å²) >= 11 is 0. The molecule has 0 unspecified atom stereocenters. The molecule has 0 saturated carbocycles. The van der Waals surface area contributed by atoms with Gasteiger partial charge in [0, 0.05) is 87.9 Å². The molecule has 40 heavy (non-hydrogen) atoms. The first-order valence-corrected chi connectivity index (χ1v) is 14.7. The Morgan fingerprint density at radius 3 is 2.80 bits per heavy atom. The average molecular weight is 539 g/mol. The van der Waals surface area contributed by atoms with E-state index in [4.69, 9.17) is 9.72 Å². The second kappa shape index (κ2) is 10.6. The second-order valence-corrected chi connectivity index (χ2v) is 11.9. The molecular formula is C31H38N8O. The van der Waals surface area contributed by atoms with Crippen molar-refractivity contribution in [3.63, 3.8) is 0 Å². The van der Waals surface area contributed by atoms with E-state index in [2.05, 4.69) is 73.4 Å². The van der Waals surface area contributed by atoms with Crippen LogP contribution in [-0.2, 0) is 11.2 Å². The van der Waals surface area contributed by atoms with Crippen LogP contribution in [0.3, 0.4) is 0 Å². The number of ether oxygens (including phenoxy) is 1. The summed E-state index contributed by atoms with van der Waals surface area (Å²) in [6, 6.07) is 15.8. The number of benzene rings is 1. The first kappa shape index (κ1) is 25.7. The van der Waals surface area contributed by atoms with Crippen molar-refractivity contribution < 1.29 is 4.74 Å². The van der Waals surface area contributed by atoms with Gasteiger partial charge in [-0.3, -0.25) is 9.88 Å². The third kappa shape index (κ3) is 4.79. The fraction of sp³-hybridized carbons (Fsp3) is 0.516. The van der Waals surface area contributed by atoms with Crippen molar-refractivity contribution >= 4 is 22.4 Å². The van der Waals surface area contributed by atoms with Crippen LogP contribution in [0.1, 0.15) is 18.1 Å². The predicted molar refractivity (Wildman–Crippen MR) is 157 cm³/mol. The van der Waals surface area contributed by atoms with Crippen molar-refractivity contribution in [2.24, 2.45) is 0 Å². The van der Waals surface area contributed by atoms with E-state index in [-0.39, 0.29) is 5.60 Å². The molecule has 0 aliphatic carbocycles. The summed E-state index contributed by atoms with van der Waals surface area (Å²) in [5, 5.41) is 14.1. The summed E-state index contributed by atoms with van der Waals surface area (Å²) < 4.78 is 6.03. The topological polar surface area (TPSA) is 83.8 Å². The third-order valence-electron chi connectivity index (χ3n) is 9.24. The Balaban J connectivity index is 0.968. The molecule has 7 rings (SSSR count). The van der Waals surface area contributed by atoms with Gasteiger partial charge in [-0.15, -0.1) is 0 Å². The van der Waals surface area contributed by atoms with Crippen LogP contribution in [0.2, 0.25) is 0 Å². The maximum atomic E-state index is 9.57. The lowest BCUT2D eigenvalue weighted by molar-refractivity contribution is -0.0831. The molecule has 1 aromatic carbocycles. The van der Waals surface area contributed by atoms with Gasteiger partial charge in [0.05, 0.1) is 30.8 Å². The van der Waals surface area contributed by atoms with Gasteiger partial charge >= 0.3 is 0 Å². The normalized spacial score (nSPS) is 25.0. The van der Waals surface area contributed by atoms with E-state index in [1.165, 1.54) is 11.3 Å². The Kier molecular flexibility index (Phi) is 6.80. The van der Waals surface area contributed by atoms with Crippen LogP contribution in [0.15, 0.2) is 48.8 Å². The highest BCUT2D eigenvalue weighted by molar-refractivity contribution is 5.95. The van der Waals surface area contributed by atoms with E-state index >= 15 is 0 Å². The van der Waals surface area contributed by atoms with Crippen molar-refractivity contribution in [3.05, 3.63) is 59.9 Å². The lowest BCUT2D eigenvalue weighted by Gasteiger charge is -2.52. The molecule has 4 fully saturated rings. The van der Waals surface area contributed by atoms with E-state index in [0.717, 1.165) is 95.2 Å². The molecule has 208 valence electrons. The molecule has 2 atom stereocenters. The van der Waals surface area contributed by atoms with Crippen LogP contribution in [0.4, 0.5) is 11.5 Å². The molecule has 9 heteroatoms. The summed E-state index contributed by atoms with van der Waals surface area (Å²) in [6.07, 6.45) is 4.85. The number of morpholine rings is 1. The Hall–Kier alpha value is -3.29. The zero-order chi connectivity index (χ0) is 27.1. The number of hydrogen-bond donors (Lipinski definition) is 1. The van der Waals surface area contributed by atoms with Crippen LogP contribution in [0.25, 0.3) is 10.9 Å². The molecule has 0 bridgehead atoms. The second-order valence-electron chi connectivity index (χ2n) is 11.9. The summed E-state index contributed by atoms with van der Waals surface area (Å²) in [5.41, 5.74) is 3.91. The van der Waals surface area contributed by atoms with E-state index in [9.17, 15) is 5.26 Å². The minimum Gasteiger partial charge on any atom is -0.369 e. The number of fused-ring (bicyclic) bond motifs is 2. The zero-order valence-corrected chi connectivity index (χ0v) is 23.3. The molecule has 0 amide bonds. The minimum absolute atomic E-state index is 0.0168. The molecule has 4 aliphatic rings. The number of anilines is 2. The summed E-state index contributed by atoms with van der Waals surface area (Å²) in [6.45, 7) is 13.2. The van der Waals surface area contributed by atoms with Crippen molar-refractivity contribution in [1.82, 2.24) is 25.1 Å². The average Bonchev–Trinajstić information content (AvgIpc) is 2.98. The van der Waals surface area contributed by atoms with Crippen LogP contribution in [-0.4, -0.2) is 110 Å². The molecule has 0 radical (unpaired) electrons. The number of piperazine rings is 2. The number of hydrogen-bond acceptors (Lipinski definition) is 9. The summed E-state index contributed by atoms with van der Waals surface area (Å²) in [4.78, 5) is 19.5. The highest BCUT2D eigenvalue weighted by atomic mass is 16.5. The first-order valence-electron chi connectivity index (χ1n) is 14.7. The van der Waals surface area contributed by atoms with Gasteiger partial charge in [0.15, 0.2) is 0 Å². The third-order valence-corrected chi connectivity index (χ3v) is 9.24. The van der Waals surface area contributed by atoms with Gasteiger partial charge in [0.1, 0.15) is 17.5 Å². The molecule has 4 saturated heterocycles. The van der Waals surface area contributed by atoms with E-state index in [0.29, 0.717) is 17.6 Å².